The van der Waals surface area contributed by atoms with E-state index >= 15 is 0 Å². The smallest absolute Gasteiger partial charge is 0.345 e. The number of methoxy groups -OCH3 is 1. The summed E-state index contributed by atoms with van der Waals surface area (Å²) in [5.41, 5.74) is -0.0831. The van der Waals surface area contributed by atoms with Crippen molar-refractivity contribution < 1.29 is 19.0 Å². The molecule has 0 aromatic heterocycles. The predicted octanol–water partition coefficient (Wildman–Crippen LogP) is 1.87. The lowest BCUT2D eigenvalue weighted by atomic mass is 10.00. The number of carbonyl (C=O) groups excluding carboxylic acids is 1. The fourth-order valence-electron chi connectivity index (χ4n) is 1.64. The van der Waals surface area contributed by atoms with E-state index in [2.05, 4.69) is 0 Å². The minimum atomic E-state index is -0.892. The highest BCUT2D eigenvalue weighted by atomic mass is 16.6. The summed E-state index contributed by atoms with van der Waals surface area (Å²) in [6, 6.07) is 7.27. The third kappa shape index (κ3) is 2.26. The Labute approximate surface area is 100 Å². The molecule has 0 radical (unpaired) electrons. The van der Waals surface area contributed by atoms with Gasteiger partial charge in [-0.2, -0.15) is 0 Å². The molecule has 0 aliphatic carbocycles. The Hall–Kier alpha value is -1.55. The third-order valence-electron chi connectivity index (χ3n) is 2.66. The van der Waals surface area contributed by atoms with Gasteiger partial charge in [0.05, 0.1) is 19.8 Å². The summed E-state index contributed by atoms with van der Waals surface area (Å²) in [4.78, 5) is 11.9. The van der Waals surface area contributed by atoms with Gasteiger partial charge in [-0.05, 0) is 31.5 Å². The van der Waals surface area contributed by atoms with Crippen LogP contribution in [0.2, 0.25) is 0 Å². The first-order valence-electron chi connectivity index (χ1n) is 5.58. The molecule has 1 saturated heterocycles. The maximum absolute atomic E-state index is 11.9. The molecule has 4 heteroatoms. The van der Waals surface area contributed by atoms with Crippen molar-refractivity contribution in [3.8, 4) is 5.75 Å². The summed E-state index contributed by atoms with van der Waals surface area (Å²) in [5, 5.41) is 0. The number of hydrogen-bond donors (Lipinski definition) is 0. The minimum absolute atomic E-state index is 0.137. The topological polar surface area (TPSA) is 48.1 Å². The van der Waals surface area contributed by atoms with E-state index in [4.69, 9.17) is 14.2 Å². The van der Waals surface area contributed by atoms with Gasteiger partial charge in [0.2, 0.25) is 5.60 Å². The zero-order valence-electron chi connectivity index (χ0n) is 10.2. The van der Waals surface area contributed by atoms with Gasteiger partial charge in [-0.15, -0.1) is 0 Å². The molecule has 1 unspecified atom stereocenters. The van der Waals surface area contributed by atoms with Crippen LogP contribution in [0, 0.1) is 0 Å². The summed E-state index contributed by atoms with van der Waals surface area (Å²) in [7, 11) is 1.60. The summed E-state index contributed by atoms with van der Waals surface area (Å²) in [6.45, 7) is 4.02. The van der Waals surface area contributed by atoms with Gasteiger partial charge in [0, 0.05) is 0 Å². The van der Waals surface area contributed by atoms with Gasteiger partial charge >= 0.3 is 5.97 Å². The zero-order chi connectivity index (χ0) is 12.5. The fourth-order valence-corrected chi connectivity index (χ4v) is 1.64. The molecule has 2 rings (SSSR count). The van der Waals surface area contributed by atoms with Crippen molar-refractivity contribution in [1.29, 1.82) is 0 Å². The Morgan fingerprint density at radius 3 is 2.35 bits per heavy atom. The molecule has 0 spiro atoms. The molecular weight excluding hydrogens is 220 g/mol. The molecule has 1 aromatic carbocycles. The standard InChI is InChI=1S/C13H16O4/c1-9(2)17-12(14)13(8-16-13)10-4-6-11(15-3)7-5-10/h4-7,9H,8H2,1-3H3. The van der Waals surface area contributed by atoms with E-state index in [1.54, 1.807) is 19.2 Å². The molecule has 4 nitrogen and oxygen atoms in total. The van der Waals surface area contributed by atoms with E-state index in [9.17, 15) is 4.79 Å². The van der Waals surface area contributed by atoms with Crippen molar-refractivity contribution >= 4 is 5.97 Å². The zero-order valence-corrected chi connectivity index (χ0v) is 10.2. The molecule has 1 aliphatic rings. The van der Waals surface area contributed by atoms with Gasteiger partial charge in [0.25, 0.3) is 0 Å². The Morgan fingerprint density at radius 2 is 1.94 bits per heavy atom. The van der Waals surface area contributed by atoms with Gasteiger partial charge in [0.1, 0.15) is 5.75 Å². The van der Waals surface area contributed by atoms with E-state index in [-0.39, 0.29) is 12.1 Å². The Bertz CT molecular complexity index is 404. The number of ether oxygens (including phenoxy) is 3. The van der Waals surface area contributed by atoms with Crippen LogP contribution in [0.5, 0.6) is 5.75 Å². The Kier molecular flexibility index (Phi) is 3.07. The van der Waals surface area contributed by atoms with Crippen LogP contribution in [0.3, 0.4) is 0 Å². The summed E-state index contributed by atoms with van der Waals surface area (Å²) < 4.78 is 15.6. The van der Waals surface area contributed by atoms with Gasteiger partial charge in [-0.3, -0.25) is 0 Å². The van der Waals surface area contributed by atoms with Crippen LogP contribution >= 0.6 is 0 Å². The van der Waals surface area contributed by atoms with Crippen LogP contribution in [0.25, 0.3) is 0 Å². The average Bonchev–Trinajstić information content (AvgIpc) is 3.09. The highest BCUT2D eigenvalue weighted by molar-refractivity contribution is 5.84. The third-order valence-corrected chi connectivity index (χ3v) is 2.66. The Balaban J connectivity index is 2.17. The molecule has 0 bridgehead atoms. The number of epoxide rings is 1. The predicted molar refractivity (Wildman–Crippen MR) is 61.9 cm³/mol. The van der Waals surface area contributed by atoms with E-state index in [0.717, 1.165) is 11.3 Å². The molecule has 92 valence electrons. The number of esters is 1. The maximum Gasteiger partial charge on any atom is 0.345 e. The maximum atomic E-state index is 11.9. The van der Waals surface area contributed by atoms with Gasteiger partial charge in [-0.25, -0.2) is 4.79 Å². The van der Waals surface area contributed by atoms with Crippen LogP contribution < -0.4 is 4.74 Å². The second-order valence-corrected chi connectivity index (χ2v) is 4.30. The van der Waals surface area contributed by atoms with Crippen LogP contribution in [0.1, 0.15) is 19.4 Å². The molecule has 1 aromatic rings. The molecule has 17 heavy (non-hydrogen) atoms. The van der Waals surface area contributed by atoms with Gasteiger partial charge in [0.15, 0.2) is 0 Å². The normalized spacial score (nSPS) is 22.4. The molecule has 1 heterocycles. The summed E-state index contributed by atoms with van der Waals surface area (Å²) in [6.07, 6.45) is -0.137. The molecular formula is C13H16O4. The van der Waals surface area contributed by atoms with Crippen LogP contribution in [0.15, 0.2) is 24.3 Å². The monoisotopic (exact) mass is 236 g/mol. The van der Waals surface area contributed by atoms with Crippen molar-refractivity contribution in [3.05, 3.63) is 29.8 Å². The van der Waals surface area contributed by atoms with Crippen LogP contribution in [0.4, 0.5) is 0 Å². The number of rotatable bonds is 4. The molecule has 0 N–H and O–H groups in total. The second kappa shape index (κ2) is 4.37. The number of benzene rings is 1. The molecule has 1 aliphatic heterocycles. The van der Waals surface area contributed by atoms with Gasteiger partial charge in [-0.1, -0.05) is 12.1 Å². The lowest BCUT2D eigenvalue weighted by molar-refractivity contribution is -0.154. The quantitative estimate of drug-likeness (QED) is 0.591. The first-order chi connectivity index (χ1) is 8.08. The molecule has 1 atom stereocenters. The fraction of sp³-hybridized carbons (Fsp3) is 0.462. The van der Waals surface area contributed by atoms with Crippen molar-refractivity contribution in [2.45, 2.75) is 25.6 Å². The van der Waals surface area contributed by atoms with Gasteiger partial charge < -0.3 is 14.2 Å². The highest BCUT2D eigenvalue weighted by Crippen LogP contribution is 2.40. The Morgan fingerprint density at radius 1 is 1.35 bits per heavy atom. The van der Waals surface area contributed by atoms with E-state index in [0.29, 0.717) is 6.61 Å². The highest BCUT2D eigenvalue weighted by Gasteiger charge is 2.55. The average molecular weight is 236 g/mol. The number of carbonyl (C=O) groups is 1. The van der Waals surface area contributed by atoms with Crippen molar-refractivity contribution in [2.75, 3.05) is 13.7 Å². The van der Waals surface area contributed by atoms with Crippen molar-refractivity contribution in [3.63, 3.8) is 0 Å². The lowest BCUT2D eigenvalue weighted by Crippen LogP contribution is -2.27. The molecule has 1 fully saturated rings. The largest absolute Gasteiger partial charge is 0.497 e. The molecule has 0 saturated carbocycles. The van der Waals surface area contributed by atoms with E-state index in [1.807, 2.05) is 26.0 Å². The SMILES string of the molecule is COc1ccc(C2(C(=O)OC(C)C)CO2)cc1. The summed E-state index contributed by atoms with van der Waals surface area (Å²) >= 11 is 0. The summed E-state index contributed by atoms with van der Waals surface area (Å²) in [5.74, 6) is 0.430. The number of hydrogen-bond acceptors (Lipinski definition) is 4. The van der Waals surface area contributed by atoms with E-state index in [1.165, 1.54) is 0 Å². The minimum Gasteiger partial charge on any atom is -0.497 e. The molecule has 0 amide bonds. The first kappa shape index (κ1) is 11.9. The first-order valence-corrected chi connectivity index (χ1v) is 5.58. The van der Waals surface area contributed by atoms with Crippen LogP contribution in [-0.2, 0) is 19.9 Å². The second-order valence-electron chi connectivity index (χ2n) is 4.30. The van der Waals surface area contributed by atoms with Crippen molar-refractivity contribution in [1.82, 2.24) is 0 Å². The van der Waals surface area contributed by atoms with Crippen molar-refractivity contribution in [2.24, 2.45) is 0 Å². The van der Waals surface area contributed by atoms with E-state index < -0.39 is 5.60 Å². The lowest BCUT2D eigenvalue weighted by Gasteiger charge is -2.14. The van der Waals surface area contributed by atoms with Crippen LogP contribution in [-0.4, -0.2) is 25.8 Å².